The molecule has 76 valence electrons. The molecule has 0 unspecified atom stereocenters. The molecule has 0 fully saturated rings. The number of carbonyl (C=O) groups excluding carboxylic acids is 1. The van der Waals surface area contributed by atoms with Crippen molar-refractivity contribution < 1.29 is 21.8 Å². The molecule has 3 nitrogen and oxygen atoms in total. The van der Waals surface area contributed by atoms with Crippen LogP contribution in [0.1, 0.15) is 0 Å². The Morgan fingerprint density at radius 1 is 1.38 bits per heavy atom. The molecule has 0 aromatic rings. The number of carbonyl (C=O) groups is 1. The molecule has 0 aromatic carbocycles. The minimum absolute atomic E-state index is 0. The van der Waals surface area contributed by atoms with Gasteiger partial charge < -0.3 is 17.3 Å². The third kappa shape index (κ3) is 4.55. The Morgan fingerprint density at radius 2 is 1.77 bits per heavy atom. The minimum atomic E-state index is -0.318. The monoisotopic (exact) mass is 242 g/mol. The lowest BCUT2D eigenvalue weighted by molar-refractivity contribution is -0.460. The van der Waals surface area contributed by atoms with Gasteiger partial charge in [0.15, 0.2) is 4.99 Å². The van der Waals surface area contributed by atoms with E-state index in [9.17, 15) is 4.79 Å². The van der Waals surface area contributed by atoms with Gasteiger partial charge in [-0.3, -0.25) is 4.79 Å². The van der Waals surface area contributed by atoms with E-state index in [1.54, 1.807) is 33.1 Å². The fourth-order valence-corrected chi connectivity index (χ4v) is 0.737. The molecule has 0 spiro atoms. The number of hydrogen-bond donors (Lipinski definition) is 0. The van der Waals surface area contributed by atoms with Crippen molar-refractivity contribution >= 4 is 39.8 Å². The van der Waals surface area contributed by atoms with Crippen molar-refractivity contribution in [3.8, 4) is 0 Å². The maximum absolute atomic E-state index is 11.3. The predicted octanol–water partition coefficient (Wildman–Crippen LogP) is -2.64. The molecule has 0 heterocycles. The van der Waals surface area contributed by atoms with E-state index in [1.165, 1.54) is 4.58 Å². The standard InChI is InChI=1S/C7H12ClN2OS.ClH/c1-9(2)6(8)5(11)7(12)10(3)4;/h1-4H3;1H/q+1;/p-1. The largest absolute Gasteiger partial charge is 1.00 e. The summed E-state index contributed by atoms with van der Waals surface area (Å²) in [5, 5.41) is 0.133. The number of hydrogen-bond acceptors (Lipinski definition) is 2. The topological polar surface area (TPSA) is 23.3 Å². The lowest BCUT2D eigenvalue weighted by Crippen LogP contribution is -3.00. The summed E-state index contributed by atoms with van der Waals surface area (Å²) < 4.78 is 1.53. The van der Waals surface area contributed by atoms with Gasteiger partial charge in [0.1, 0.15) is 14.1 Å². The molecule has 6 heteroatoms. The van der Waals surface area contributed by atoms with Gasteiger partial charge in [-0.05, 0) is 11.6 Å². The van der Waals surface area contributed by atoms with Crippen molar-refractivity contribution in [3.05, 3.63) is 0 Å². The lowest BCUT2D eigenvalue weighted by Gasteiger charge is -2.09. The van der Waals surface area contributed by atoms with Crippen LogP contribution in [0.4, 0.5) is 0 Å². The summed E-state index contributed by atoms with van der Waals surface area (Å²) in [7, 11) is 6.80. The first kappa shape index (κ1) is 15.3. The number of rotatable bonds is 2. The van der Waals surface area contributed by atoms with E-state index in [-0.39, 0.29) is 28.3 Å². The minimum Gasteiger partial charge on any atom is -1.00 e. The number of halogens is 2. The highest BCUT2D eigenvalue weighted by Crippen LogP contribution is 1.93. The molecule has 13 heavy (non-hydrogen) atoms. The average molecular weight is 243 g/mol. The van der Waals surface area contributed by atoms with Gasteiger partial charge in [-0.25, -0.2) is 4.58 Å². The number of ketones is 1. The molecule has 0 N–H and O–H groups in total. The first-order valence-electron chi connectivity index (χ1n) is 3.33. The van der Waals surface area contributed by atoms with E-state index >= 15 is 0 Å². The Bertz CT molecular complexity index is 247. The fourth-order valence-electron chi connectivity index (χ4n) is 0.494. The Kier molecular flexibility index (Phi) is 7.40. The summed E-state index contributed by atoms with van der Waals surface area (Å²) in [5.41, 5.74) is 0. The van der Waals surface area contributed by atoms with E-state index in [2.05, 4.69) is 0 Å². The van der Waals surface area contributed by atoms with Gasteiger partial charge in [-0.1, -0.05) is 12.2 Å². The van der Waals surface area contributed by atoms with E-state index in [0.717, 1.165) is 0 Å². The molecule has 0 saturated heterocycles. The molecule has 0 bridgehead atoms. The molecule has 0 aliphatic carbocycles. The summed E-state index contributed by atoms with van der Waals surface area (Å²) in [4.78, 5) is 13.1. The molecule has 0 atom stereocenters. The molecule has 0 rings (SSSR count). The molecular weight excluding hydrogens is 231 g/mol. The SMILES string of the molecule is CN(C)C(=S)C(=O)C(Cl)=[N+](C)C.[Cl-]. The van der Waals surface area contributed by atoms with Crippen LogP contribution >= 0.6 is 23.8 Å². The Balaban J connectivity index is 0. The zero-order valence-electron chi connectivity index (χ0n) is 7.97. The van der Waals surface area contributed by atoms with Crippen molar-refractivity contribution in [1.82, 2.24) is 4.90 Å². The zero-order valence-corrected chi connectivity index (χ0v) is 10.3. The molecule has 0 saturated carbocycles. The smallest absolute Gasteiger partial charge is 0.320 e. The predicted molar refractivity (Wildman–Crippen MR) is 54.3 cm³/mol. The highest BCUT2D eigenvalue weighted by Gasteiger charge is 2.22. The second-order valence-corrected chi connectivity index (χ2v) is 3.46. The lowest BCUT2D eigenvalue weighted by atomic mass is 10.4. The Labute approximate surface area is 94.8 Å². The second-order valence-electron chi connectivity index (χ2n) is 2.71. The maximum atomic E-state index is 11.3. The zero-order chi connectivity index (χ0) is 9.89. The first-order valence-corrected chi connectivity index (χ1v) is 4.12. The summed E-state index contributed by atoms with van der Waals surface area (Å²) in [6, 6.07) is 0. The van der Waals surface area contributed by atoms with Crippen LogP contribution in [-0.4, -0.2) is 53.6 Å². The van der Waals surface area contributed by atoms with Crippen molar-refractivity contribution in [1.29, 1.82) is 0 Å². The first-order chi connectivity index (χ1) is 5.37. The van der Waals surface area contributed by atoms with Gasteiger partial charge in [0, 0.05) is 14.1 Å². The van der Waals surface area contributed by atoms with Crippen molar-refractivity contribution in [2.24, 2.45) is 0 Å². The second kappa shape index (κ2) is 6.29. The van der Waals surface area contributed by atoms with Gasteiger partial charge in [0.25, 0.3) is 5.78 Å². The molecule has 0 aromatic heterocycles. The quantitative estimate of drug-likeness (QED) is 0.301. The summed E-state index contributed by atoms with van der Waals surface area (Å²) in [6.07, 6.45) is 0. The molecule has 0 aliphatic heterocycles. The van der Waals surface area contributed by atoms with Crippen LogP contribution in [0.3, 0.4) is 0 Å². The summed E-state index contributed by atoms with van der Waals surface area (Å²) >= 11 is 10.5. The highest BCUT2D eigenvalue weighted by atomic mass is 35.5. The van der Waals surface area contributed by atoms with Crippen LogP contribution in [0.2, 0.25) is 0 Å². The maximum Gasteiger partial charge on any atom is 0.320 e. The molecule has 0 amide bonds. The highest BCUT2D eigenvalue weighted by molar-refractivity contribution is 7.82. The van der Waals surface area contributed by atoms with Crippen molar-refractivity contribution in [2.45, 2.75) is 0 Å². The van der Waals surface area contributed by atoms with E-state index in [1.807, 2.05) is 0 Å². The van der Waals surface area contributed by atoms with Crippen LogP contribution in [0.25, 0.3) is 0 Å². The fraction of sp³-hybridized carbons (Fsp3) is 0.571. The summed E-state index contributed by atoms with van der Waals surface area (Å²) in [6.45, 7) is 0. The van der Waals surface area contributed by atoms with E-state index < -0.39 is 0 Å². The summed E-state index contributed by atoms with van der Waals surface area (Å²) in [5.74, 6) is -0.318. The van der Waals surface area contributed by atoms with Gasteiger partial charge in [-0.15, -0.1) is 0 Å². The van der Waals surface area contributed by atoms with Crippen LogP contribution < -0.4 is 12.4 Å². The van der Waals surface area contributed by atoms with Crippen molar-refractivity contribution in [2.75, 3.05) is 28.2 Å². The van der Waals surface area contributed by atoms with Crippen LogP contribution in [0.5, 0.6) is 0 Å². The third-order valence-electron chi connectivity index (χ3n) is 1.18. The van der Waals surface area contributed by atoms with Crippen LogP contribution in [-0.2, 0) is 4.79 Å². The number of thiocarbonyl (C=S) groups is 1. The van der Waals surface area contributed by atoms with E-state index in [0.29, 0.717) is 0 Å². The van der Waals surface area contributed by atoms with Gasteiger partial charge in [-0.2, -0.15) is 0 Å². The van der Waals surface area contributed by atoms with Gasteiger partial charge in [0.05, 0.1) is 0 Å². The Hall–Kier alpha value is -0.190. The van der Waals surface area contributed by atoms with Crippen molar-refractivity contribution in [3.63, 3.8) is 0 Å². The average Bonchev–Trinajstić information content (AvgIpc) is 2.00. The van der Waals surface area contributed by atoms with Gasteiger partial charge in [0.2, 0.25) is 0 Å². The number of nitrogens with zero attached hydrogens (tertiary/aromatic N) is 2. The number of likely N-dealkylation sites (N-methyl/N-ethyl adjacent to an activating group) is 1. The Morgan fingerprint density at radius 3 is 2.00 bits per heavy atom. The molecular formula is C7H12Cl2N2OS. The van der Waals surface area contributed by atoms with Crippen LogP contribution in [0, 0.1) is 0 Å². The van der Waals surface area contributed by atoms with E-state index in [4.69, 9.17) is 23.8 Å². The molecule has 0 radical (unpaired) electrons. The molecule has 0 aliphatic rings. The third-order valence-corrected chi connectivity index (χ3v) is 2.24. The van der Waals surface area contributed by atoms with Gasteiger partial charge >= 0.3 is 5.17 Å². The normalized spacial score (nSPS) is 8.38. The number of Topliss-reactive ketones (excluding diaryl/α,β-unsaturated/α-hetero) is 1. The van der Waals surface area contributed by atoms with Crippen LogP contribution in [0.15, 0.2) is 0 Å².